The first-order valence-corrected chi connectivity index (χ1v) is 6.68. The van der Waals surface area contributed by atoms with Crippen LogP contribution in [0.15, 0.2) is 0 Å². The van der Waals surface area contributed by atoms with Crippen LogP contribution < -0.4 is 5.32 Å². The van der Waals surface area contributed by atoms with E-state index in [1.54, 1.807) is 0 Å². The zero-order valence-corrected chi connectivity index (χ0v) is 10.4. The third-order valence-corrected chi connectivity index (χ3v) is 3.07. The van der Waals surface area contributed by atoms with Crippen molar-refractivity contribution in [2.24, 2.45) is 5.92 Å². The fourth-order valence-corrected chi connectivity index (χ4v) is 1.77. The Balaban J connectivity index is 1.86. The van der Waals surface area contributed by atoms with Crippen LogP contribution in [0.3, 0.4) is 0 Å². The van der Waals surface area contributed by atoms with E-state index < -0.39 is 0 Å². The molecular formula is C13H27NO. The maximum Gasteiger partial charge on any atom is 0.0494 e. The first kappa shape index (κ1) is 13.0. The summed E-state index contributed by atoms with van der Waals surface area (Å²) in [4.78, 5) is 0. The lowest BCUT2D eigenvalue weighted by molar-refractivity contribution is 0.118. The Morgan fingerprint density at radius 3 is 2.73 bits per heavy atom. The minimum Gasteiger partial charge on any atom is -0.381 e. The van der Waals surface area contributed by atoms with E-state index in [0.29, 0.717) is 6.04 Å². The van der Waals surface area contributed by atoms with Gasteiger partial charge in [-0.3, -0.25) is 0 Å². The fraction of sp³-hybridized carbons (Fsp3) is 1.00. The van der Waals surface area contributed by atoms with Gasteiger partial charge >= 0.3 is 0 Å². The Bertz CT molecular complexity index is 145. The van der Waals surface area contributed by atoms with Gasteiger partial charge in [-0.05, 0) is 51.0 Å². The summed E-state index contributed by atoms with van der Waals surface area (Å²) in [7, 11) is 0. The molecule has 1 unspecified atom stereocenters. The minimum atomic E-state index is 0.703. The average Bonchev–Trinajstić information content (AvgIpc) is 3.06. The second-order valence-corrected chi connectivity index (χ2v) is 4.72. The maximum atomic E-state index is 5.63. The SMILES string of the molecule is CCCNC(CC)CCCOCC1CC1. The predicted octanol–water partition coefficient (Wildman–Crippen LogP) is 2.97. The first-order valence-electron chi connectivity index (χ1n) is 6.68. The Morgan fingerprint density at radius 2 is 2.13 bits per heavy atom. The van der Waals surface area contributed by atoms with Gasteiger partial charge in [-0.25, -0.2) is 0 Å². The van der Waals surface area contributed by atoms with E-state index in [1.165, 1.54) is 38.5 Å². The van der Waals surface area contributed by atoms with Crippen LogP contribution in [0.1, 0.15) is 52.4 Å². The van der Waals surface area contributed by atoms with Gasteiger partial charge in [-0.1, -0.05) is 13.8 Å². The molecule has 0 aromatic rings. The minimum absolute atomic E-state index is 0.703. The molecule has 1 aliphatic carbocycles. The number of nitrogens with one attached hydrogen (secondary N) is 1. The van der Waals surface area contributed by atoms with Crippen molar-refractivity contribution >= 4 is 0 Å². The highest BCUT2D eigenvalue weighted by Gasteiger charge is 2.20. The van der Waals surface area contributed by atoms with Crippen LogP contribution in [0.4, 0.5) is 0 Å². The van der Waals surface area contributed by atoms with Crippen molar-refractivity contribution in [2.75, 3.05) is 19.8 Å². The number of rotatable bonds is 10. The van der Waals surface area contributed by atoms with Gasteiger partial charge in [0.15, 0.2) is 0 Å². The van der Waals surface area contributed by atoms with Gasteiger partial charge in [-0.2, -0.15) is 0 Å². The maximum absolute atomic E-state index is 5.63. The van der Waals surface area contributed by atoms with E-state index in [2.05, 4.69) is 19.2 Å². The van der Waals surface area contributed by atoms with Gasteiger partial charge in [-0.15, -0.1) is 0 Å². The largest absolute Gasteiger partial charge is 0.381 e. The molecule has 0 bridgehead atoms. The van der Waals surface area contributed by atoms with Gasteiger partial charge in [0.05, 0.1) is 0 Å². The van der Waals surface area contributed by atoms with Crippen LogP contribution in [0.5, 0.6) is 0 Å². The highest BCUT2D eigenvalue weighted by Crippen LogP contribution is 2.28. The van der Waals surface area contributed by atoms with Crippen molar-refractivity contribution < 1.29 is 4.74 Å². The molecule has 1 atom stereocenters. The van der Waals surface area contributed by atoms with Crippen molar-refractivity contribution in [3.8, 4) is 0 Å². The summed E-state index contributed by atoms with van der Waals surface area (Å²) in [5.41, 5.74) is 0. The summed E-state index contributed by atoms with van der Waals surface area (Å²) >= 11 is 0. The molecule has 0 spiro atoms. The molecule has 0 aromatic carbocycles. The van der Waals surface area contributed by atoms with Crippen LogP contribution in [-0.2, 0) is 4.74 Å². The standard InChI is InChI=1S/C13H27NO/c1-3-9-14-13(4-2)6-5-10-15-11-12-7-8-12/h12-14H,3-11H2,1-2H3. The van der Waals surface area contributed by atoms with Crippen molar-refractivity contribution in [1.29, 1.82) is 0 Å². The second-order valence-electron chi connectivity index (χ2n) is 4.72. The van der Waals surface area contributed by atoms with E-state index in [-0.39, 0.29) is 0 Å². The van der Waals surface area contributed by atoms with Crippen molar-refractivity contribution in [1.82, 2.24) is 5.32 Å². The molecule has 0 amide bonds. The molecule has 15 heavy (non-hydrogen) atoms. The molecule has 0 radical (unpaired) electrons. The summed E-state index contributed by atoms with van der Waals surface area (Å²) in [5, 5.41) is 3.58. The van der Waals surface area contributed by atoms with Crippen molar-refractivity contribution in [2.45, 2.75) is 58.4 Å². The van der Waals surface area contributed by atoms with Crippen LogP contribution >= 0.6 is 0 Å². The number of hydrogen-bond acceptors (Lipinski definition) is 2. The van der Waals surface area contributed by atoms with E-state index in [4.69, 9.17) is 4.74 Å². The highest BCUT2D eigenvalue weighted by molar-refractivity contribution is 4.72. The van der Waals surface area contributed by atoms with E-state index >= 15 is 0 Å². The molecule has 0 heterocycles. The molecule has 1 rings (SSSR count). The Kier molecular flexibility index (Phi) is 7.03. The van der Waals surface area contributed by atoms with Crippen LogP contribution in [0.2, 0.25) is 0 Å². The van der Waals surface area contributed by atoms with Gasteiger partial charge in [0.1, 0.15) is 0 Å². The Morgan fingerprint density at radius 1 is 1.33 bits per heavy atom. The zero-order chi connectivity index (χ0) is 10.9. The van der Waals surface area contributed by atoms with Gasteiger partial charge < -0.3 is 10.1 Å². The van der Waals surface area contributed by atoms with E-state index in [0.717, 1.165) is 25.7 Å². The smallest absolute Gasteiger partial charge is 0.0494 e. The monoisotopic (exact) mass is 213 g/mol. The number of hydrogen-bond donors (Lipinski definition) is 1. The van der Waals surface area contributed by atoms with Crippen LogP contribution in [0.25, 0.3) is 0 Å². The topological polar surface area (TPSA) is 21.3 Å². The van der Waals surface area contributed by atoms with Crippen molar-refractivity contribution in [3.63, 3.8) is 0 Å². The lowest BCUT2D eigenvalue weighted by atomic mass is 10.1. The summed E-state index contributed by atoms with van der Waals surface area (Å²) in [6, 6.07) is 0.703. The normalized spacial score (nSPS) is 18.0. The Hall–Kier alpha value is -0.0800. The first-order chi connectivity index (χ1) is 7.36. The molecule has 1 fully saturated rings. The molecular weight excluding hydrogens is 186 g/mol. The van der Waals surface area contributed by atoms with E-state index in [9.17, 15) is 0 Å². The molecule has 90 valence electrons. The average molecular weight is 213 g/mol. The second kappa shape index (κ2) is 8.12. The summed E-state index contributed by atoms with van der Waals surface area (Å²) in [5.74, 6) is 0.908. The van der Waals surface area contributed by atoms with Crippen molar-refractivity contribution in [3.05, 3.63) is 0 Å². The van der Waals surface area contributed by atoms with Crippen LogP contribution in [-0.4, -0.2) is 25.8 Å². The number of ether oxygens (including phenoxy) is 1. The lowest BCUT2D eigenvalue weighted by Gasteiger charge is -2.16. The van der Waals surface area contributed by atoms with E-state index in [1.807, 2.05) is 0 Å². The molecule has 1 saturated carbocycles. The third-order valence-electron chi connectivity index (χ3n) is 3.07. The van der Waals surface area contributed by atoms with Gasteiger partial charge in [0.2, 0.25) is 0 Å². The molecule has 0 aromatic heterocycles. The Labute approximate surface area is 94.8 Å². The van der Waals surface area contributed by atoms with Gasteiger partial charge in [0.25, 0.3) is 0 Å². The summed E-state index contributed by atoms with van der Waals surface area (Å²) in [6.07, 6.45) is 7.74. The molecule has 1 aliphatic rings. The highest BCUT2D eigenvalue weighted by atomic mass is 16.5. The molecule has 0 saturated heterocycles. The fourth-order valence-electron chi connectivity index (χ4n) is 1.77. The molecule has 2 heteroatoms. The summed E-state index contributed by atoms with van der Waals surface area (Å²) < 4.78 is 5.63. The predicted molar refractivity (Wildman–Crippen MR) is 65.1 cm³/mol. The lowest BCUT2D eigenvalue weighted by Crippen LogP contribution is -2.29. The molecule has 1 N–H and O–H groups in total. The zero-order valence-electron chi connectivity index (χ0n) is 10.4. The third kappa shape index (κ3) is 6.91. The quantitative estimate of drug-likeness (QED) is 0.563. The summed E-state index contributed by atoms with van der Waals surface area (Å²) in [6.45, 7) is 7.61. The molecule has 2 nitrogen and oxygen atoms in total. The van der Waals surface area contributed by atoms with Crippen LogP contribution in [0, 0.1) is 5.92 Å². The molecule has 0 aliphatic heterocycles. The van der Waals surface area contributed by atoms with Gasteiger partial charge in [0, 0.05) is 19.3 Å².